The van der Waals surface area contributed by atoms with Gasteiger partial charge in [0.2, 0.25) is 5.91 Å². The summed E-state index contributed by atoms with van der Waals surface area (Å²) in [7, 11) is 0. The van der Waals surface area contributed by atoms with Crippen molar-refractivity contribution in [3.63, 3.8) is 0 Å². The minimum atomic E-state index is -1.02. The summed E-state index contributed by atoms with van der Waals surface area (Å²) in [5.74, 6) is -1.46. The fourth-order valence-corrected chi connectivity index (χ4v) is 2.95. The summed E-state index contributed by atoms with van der Waals surface area (Å²) < 4.78 is 0. The fourth-order valence-electron chi connectivity index (χ4n) is 2.65. The number of para-hydroxylation sites is 1. The Labute approximate surface area is 157 Å². The number of hydrogen-bond acceptors (Lipinski definition) is 4. The predicted octanol–water partition coefficient (Wildman–Crippen LogP) is 3.58. The zero-order valence-electron chi connectivity index (χ0n) is 14.5. The van der Waals surface area contributed by atoms with Crippen LogP contribution in [0.2, 0.25) is 0 Å². The van der Waals surface area contributed by atoms with Crippen molar-refractivity contribution in [1.82, 2.24) is 5.32 Å². The lowest BCUT2D eigenvalue weighted by Crippen LogP contribution is -2.58. The average molecular weight is 365 g/mol. The van der Waals surface area contributed by atoms with Gasteiger partial charge in [0.05, 0.1) is 11.4 Å². The third-order valence-corrected chi connectivity index (χ3v) is 4.43. The Kier molecular flexibility index (Phi) is 5.23. The van der Waals surface area contributed by atoms with Gasteiger partial charge >= 0.3 is 0 Å². The largest absolute Gasteiger partial charge is 0.301 e. The molecule has 3 rings (SSSR count). The van der Waals surface area contributed by atoms with Crippen molar-refractivity contribution in [2.24, 2.45) is 10.9 Å². The molecule has 0 bridgehead atoms. The van der Waals surface area contributed by atoms with Crippen molar-refractivity contribution in [2.75, 3.05) is 4.90 Å². The molecule has 1 aliphatic heterocycles. The second-order valence-corrected chi connectivity index (χ2v) is 6.69. The Bertz CT molecular complexity index is 860. The number of aliphatic imine (C=N–C) groups is 1. The molecule has 2 amide bonds. The van der Waals surface area contributed by atoms with Gasteiger partial charge in [0.15, 0.2) is 11.0 Å². The zero-order valence-corrected chi connectivity index (χ0v) is 15.4. The Hall–Kier alpha value is -2.86. The minimum absolute atomic E-state index is 0.0807. The molecule has 132 valence electrons. The maximum absolute atomic E-state index is 12.8. The van der Waals surface area contributed by atoms with Crippen LogP contribution >= 0.6 is 12.2 Å². The maximum atomic E-state index is 12.8. The molecule has 1 fully saturated rings. The van der Waals surface area contributed by atoms with Crippen molar-refractivity contribution >= 4 is 46.7 Å². The Morgan fingerprint density at radius 2 is 1.73 bits per heavy atom. The van der Waals surface area contributed by atoms with Crippen molar-refractivity contribution in [2.45, 2.75) is 19.8 Å². The van der Waals surface area contributed by atoms with Gasteiger partial charge in [-0.3, -0.25) is 19.5 Å². The molecule has 0 spiro atoms. The molecule has 0 radical (unpaired) electrons. The molecule has 1 aliphatic rings. The first kappa shape index (κ1) is 17.9. The monoisotopic (exact) mass is 365 g/mol. The first-order chi connectivity index (χ1) is 12.5. The molecule has 26 heavy (non-hydrogen) atoms. The number of benzene rings is 2. The van der Waals surface area contributed by atoms with E-state index in [1.165, 1.54) is 16.7 Å². The zero-order chi connectivity index (χ0) is 18.7. The number of anilines is 1. The van der Waals surface area contributed by atoms with E-state index in [0.29, 0.717) is 17.3 Å². The standard InChI is InChI=1S/C20H19N3O2S/c1-13(2)14-8-10-15(11-9-14)21-12-17-18(24)22-20(26)23(19(17)25)16-6-4-3-5-7-16/h3-13,17H,1-2H3,(H,22,24,26). The lowest BCUT2D eigenvalue weighted by atomic mass is 10.0. The average Bonchev–Trinajstić information content (AvgIpc) is 2.62. The smallest absolute Gasteiger partial charge is 0.251 e. The van der Waals surface area contributed by atoms with Gasteiger partial charge in [-0.25, -0.2) is 0 Å². The van der Waals surface area contributed by atoms with Crippen LogP contribution in [0, 0.1) is 5.92 Å². The number of thiocarbonyl (C=S) groups is 1. The number of amides is 2. The highest BCUT2D eigenvalue weighted by Gasteiger charge is 2.38. The molecule has 2 aromatic rings. The van der Waals surface area contributed by atoms with Gasteiger partial charge in [0.25, 0.3) is 5.91 Å². The summed E-state index contributed by atoms with van der Waals surface area (Å²) in [5.41, 5.74) is 2.51. The summed E-state index contributed by atoms with van der Waals surface area (Å²) in [5, 5.41) is 2.66. The molecule has 0 aliphatic carbocycles. The van der Waals surface area contributed by atoms with Gasteiger partial charge < -0.3 is 5.32 Å². The van der Waals surface area contributed by atoms with Crippen LogP contribution < -0.4 is 10.2 Å². The number of carbonyl (C=O) groups is 2. The van der Waals surface area contributed by atoms with Crippen LogP contribution in [0.25, 0.3) is 0 Å². The Morgan fingerprint density at radius 3 is 2.35 bits per heavy atom. The molecule has 5 nitrogen and oxygen atoms in total. The van der Waals surface area contributed by atoms with Gasteiger partial charge in [0.1, 0.15) is 0 Å². The highest BCUT2D eigenvalue weighted by Crippen LogP contribution is 2.22. The van der Waals surface area contributed by atoms with E-state index >= 15 is 0 Å². The van der Waals surface area contributed by atoms with E-state index in [2.05, 4.69) is 24.2 Å². The normalized spacial score (nSPS) is 17.9. The molecule has 0 saturated carbocycles. The number of nitrogens with zero attached hydrogens (tertiary/aromatic N) is 2. The number of hydrogen-bond donors (Lipinski definition) is 1. The summed E-state index contributed by atoms with van der Waals surface area (Å²) in [4.78, 5) is 30.7. The van der Waals surface area contributed by atoms with E-state index in [9.17, 15) is 9.59 Å². The van der Waals surface area contributed by atoms with E-state index in [1.54, 1.807) is 24.3 Å². The molecule has 1 N–H and O–H groups in total. The van der Waals surface area contributed by atoms with Crippen LogP contribution in [-0.4, -0.2) is 23.1 Å². The molecule has 2 aromatic carbocycles. The predicted molar refractivity (Wildman–Crippen MR) is 107 cm³/mol. The second-order valence-electron chi connectivity index (χ2n) is 6.31. The molecule has 1 saturated heterocycles. The molecular formula is C20H19N3O2S. The van der Waals surface area contributed by atoms with E-state index in [4.69, 9.17) is 12.2 Å². The van der Waals surface area contributed by atoms with E-state index in [1.807, 2.05) is 30.3 Å². The molecule has 1 heterocycles. The van der Waals surface area contributed by atoms with Crippen LogP contribution in [0.1, 0.15) is 25.3 Å². The second kappa shape index (κ2) is 7.58. The molecule has 1 unspecified atom stereocenters. The highest BCUT2D eigenvalue weighted by atomic mass is 32.1. The molecule has 0 aromatic heterocycles. The number of rotatable bonds is 4. The highest BCUT2D eigenvalue weighted by molar-refractivity contribution is 7.80. The van der Waals surface area contributed by atoms with Crippen molar-refractivity contribution < 1.29 is 9.59 Å². The van der Waals surface area contributed by atoms with Crippen LogP contribution in [0.5, 0.6) is 0 Å². The quantitative estimate of drug-likeness (QED) is 0.512. The molecule has 1 atom stereocenters. The van der Waals surface area contributed by atoms with Gasteiger partial charge in [0, 0.05) is 6.21 Å². The van der Waals surface area contributed by atoms with Gasteiger partial charge in [-0.1, -0.05) is 44.2 Å². The van der Waals surface area contributed by atoms with Crippen LogP contribution in [0.3, 0.4) is 0 Å². The van der Waals surface area contributed by atoms with E-state index in [0.717, 1.165) is 0 Å². The molecular weight excluding hydrogens is 346 g/mol. The van der Waals surface area contributed by atoms with Crippen LogP contribution in [0.15, 0.2) is 59.6 Å². The van der Waals surface area contributed by atoms with E-state index in [-0.39, 0.29) is 5.11 Å². The van der Waals surface area contributed by atoms with Gasteiger partial charge in [-0.05, 0) is 48.0 Å². The topological polar surface area (TPSA) is 61.8 Å². The third-order valence-electron chi connectivity index (χ3n) is 4.15. The van der Waals surface area contributed by atoms with Crippen molar-refractivity contribution in [3.8, 4) is 0 Å². The number of nitrogens with one attached hydrogen (secondary N) is 1. The maximum Gasteiger partial charge on any atom is 0.251 e. The van der Waals surface area contributed by atoms with Crippen molar-refractivity contribution in [3.05, 3.63) is 60.2 Å². The first-order valence-electron chi connectivity index (χ1n) is 8.35. The SMILES string of the molecule is CC(C)c1ccc(N=CC2C(=O)NC(=S)N(c3ccccc3)C2=O)cc1. The van der Waals surface area contributed by atoms with Crippen LogP contribution in [0.4, 0.5) is 11.4 Å². The summed E-state index contributed by atoms with van der Waals surface area (Å²) >= 11 is 5.16. The first-order valence-corrected chi connectivity index (χ1v) is 8.76. The van der Waals surface area contributed by atoms with Crippen LogP contribution in [-0.2, 0) is 9.59 Å². The Morgan fingerprint density at radius 1 is 1.08 bits per heavy atom. The third kappa shape index (κ3) is 3.70. The van der Waals surface area contributed by atoms with Gasteiger partial charge in [-0.2, -0.15) is 0 Å². The van der Waals surface area contributed by atoms with Crippen molar-refractivity contribution in [1.29, 1.82) is 0 Å². The minimum Gasteiger partial charge on any atom is -0.301 e. The summed E-state index contributed by atoms with van der Waals surface area (Å²) in [6, 6.07) is 16.7. The Balaban J connectivity index is 1.83. The lowest BCUT2D eigenvalue weighted by molar-refractivity contribution is -0.130. The van der Waals surface area contributed by atoms with Gasteiger partial charge in [-0.15, -0.1) is 0 Å². The summed E-state index contributed by atoms with van der Waals surface area (Å²) in [6.07, 6.45) is 1.37. The summed E-state index contributed by atoms with van der Waals surface area (Å²) in [6.45, 7) is 4.23. The lowest BCUT2D eigenvalue weighted by Gasteiger charge is -2.30. The van der Waals surface area contributed by atoms with E-state index < -0.39 is 17.7 Å². The molecule has 6 heteroatoms. The number of carbonyl (C=O) groups excluding carboxylic acids is 2. The fraction of sp³-hybridized carbons (Fsp3) is 0.200.